The van der Waals surface area contributed by atoms with Gasteiger partial charge >= 0.3 is 0 Å². The van der Waals surface area contributed by atoms with Crippen LogP contribution in [-0.2, 0) is 6.42 Å². The number of thiazole rings is 1. The maximum Gasteiger partial charge on any atom is 0.225 e. The molecule has 6 rings (SSSR count). The quantitative estimate of drug-likeness (QED) is 0.288. The van der Waals surface area contributed by atoms with Crippen LogP contribution in [0.1, 0.15) is 43.4 Å². The van der Waals surface area contributed by atoms with Crippen LogP contribution in [0.5, 0.6) is 0 Å². The second kappa shape index (κ2) is 10.6. The number of benzene rings is 1. The first-order valence-electron chi connectivity index (χ1n) is 13.0. The predicted octanol–water partition coefficient (Wildman–Crippen LogP) is 4.07. The highest BCUT2D eigenvalue weighted by molar-refractivity contribution is 7.21. The second-order valence-electron chi connectivity index (χ2n) is 10.0. The molecule has 4 heterocycles. The van der Waals surface area contributed by atoms with Gasteiger partial charge in [0.15, 0.2) is 5.13 Å². The highest BCUT2D eigenvalue weighted by Gasteiger charge is 2.22. The Labute approximate surface area is 220 Å². The van der Waals surface area contributed by atoms with Crippen molar-refractivity contribution < 1.29 is 5.11 Å². The lowest BCUT2D eigenvalue weighted by atomic mass is 9.93. The summed E-state index contributed by atoms with van der Waals surface area (Å²) >= 11 is 1.52. The lowest BCUT2D eigenvalue weighted by Crippen LogP contribution is -2.29. The summed E-state index contributed by atoms with van der Waals surface area (Å²) in [5, 5.41) is 17.5. The molecule has 1 saturated heterocycles. The summed E-state index contributed by atoms with van der Waals surface area (Å²) in [6.07, 6.45) is 4.92. The molecule has 0 bridgehead atoms. The van der Waals surface area contributed by atoms with Crippen molar-refractivity contribution in [3.8, 4) is 0 Å². The Morgan fingerprint density at radius 2 is 1.81 bits per heavy atom. The molecule has 1 aliphatic carbocycles. The highest BCUT2D eigenvalue weighted by Crippen LogP contribution is 2.30. The Morgan fingerprint density at radius 3 is 2.59 bits per heavy atom. The van der Waals surface area contributed by atoms with Crippen molar-refractivity contribution >= 4 is 44.4 Å². The molecule has 0 amide bonds. The predicted molar refractivity (Wildman–Crippen MR) is 149 cm³/mol. The first-order valence-corrected chi connectivity index (χ1v) is 13.8. The zero-order valence-electron chi connectivity index (χ0n) is 20.7. The molecule has 192 valence electrons. The molecule has 1 aliphatic heterocycles. The van der Waals surface area contributed by atoms with Crippen LogP contribution in [-0.4, -0.2) is 56.3 Å². The van der Waals surface area contributed by atoms with Gasteiger partial charge < -0.3 is 26.4 Å². The van der Waals surface area contributed by atoms with Gasteiger partial charge in [-0.3, -0.25) is 0 Å². The fourth-order valence-electron chi connectivity index (χ4n) is 5.07. The molecule has 1 saturated carbocycles. The summed E-state index contributed by atoms with van der Waals surface area (Å²) in [6, 6.07) is 16.8. The summed E-state index contributed by atoms with van der Waals surface area (Å²) in [7, 11) is 0. The minimum Gasteiger partial charge on any atom is -0.393 e. The third kappa shape index (κ3) is 5.82. The van der Waals surface area contributed by atoms with Crippen molar-refractivity contribution in [2.24, 2.45) is 5.73 Å². The summed E-state index contributed by atoms with van der Waals surface area (Å²) < 4.78 is 0. The van der Waals surface area contributed by atoms with E-state index in [9.17, 15) is 5.11 Å². The molecule has 0 spiro atoms. The Hall–Kier alpha value is -3.34. The third-order valence-corrected chi connectivity index (χ3v) is 7.94. The zero-order valence-corrected chi connectivity index (χ0v) is 21.5. The molecule has 5 N–H and O–H groups in total. The number of pyridine rings is 1. The van der Waals surface area contributed by atoms with Crippen molar-refractivity contribution in [1.82, 2.24) is 19.9 Å². The molecule has 2 fully saturated rings. The number of aromatic nitrogens is 4. The van der Waals surface area contributed by atoms with Gasteiger partial charge in [-0.15, -0.1) is 0 Å². The van der Waals surface area contributed by atoms with Gasteiger partial charge in [0, 0.05) is 37.7 Å². The minimum absolute atomic E-state index is 0.198. The van der Waals surface area contributed by atoms with E-state index in [1.807, 2.05) is 36.4 Å². The van der Waals surface area contributed by atoms with Gasteiger partial charge in [-0.05, 0) is 49.8 Å². The molecular formula is C27H32N8OS. The maximum absolute atomic E-state index is 9.87. The summed E-state index contributed by atoms with van der Waals surface area (Å²) in [5.74, 6) is 2.25. The minimum atomic E-state index is -0.198. The van der Waals surface area contributed by atoms with Gasteiger partial charge in [-0.2, -0.15) is 4.98 Å². The molecule has 1 aromatic carbocycles. The number of nitrogens with zero attached hydrogens (tertiary/aromatic N) is 5. The van der Waals surface area contributed by atoms with E-state index < -0.39 is 0 Å². The number of aliphatic hydroxyl groups is 1. The molecule has 1 atom stereocenters. The molecule has 0 radical (unpaired) electrons. The number of hydrogen-bond acceptors (Lipinski definition) is 10. The maximum atomic E-state index is 9.87. The van der Waals surface area contributed by atoms with Crippen molar-refractivity contribution in [3.63, 3.8) is 0 Å². The van der Waals surface area contributed by atoms with Crippen LogP contribution >= 0.6 is 11.3 Å². The second-order valence-corrected chi connectivity index (χ2v) is 11.0. The molecule has 10 heteroatoms. The Morgan fingerprint density at radius 1 is 0.973 bits per heavy atom. The van der Waals surface area contributed by atoms with Gasteiger partial charge in [0.1, 0.15) is 22.0 Å². The monoisotopic (exact) mass is 516 g/mol. The van der Waals surface area contributed by atoms with E-state index in [1.165, 1.54) is 16.9 Å². The fourth-order valence-corrected chi connectivity index (χ4v) is 5.91. The van der Waals surface area contributed by atoms with E-state index in [0.29, 0.717) is 18.2 Å². The average Bonchev–Trinajstić information content (AvgIpc) is 3.51. The van der Waals surface area contributed by atoms with Crippen LogP contribution in [0.4, 0.5) is 22.7 Å². The number of aliphatic hydroxyl groups excluding tert-OH is 1. The molecule has 2 aliphatic rings. The van der Waals surface area contributed by atoms with Gasteiger partial charge in [0.2, 0.25) is 5.95 Å². The van der Waals surface area contributed by atoms with Gasteiger partial charge in [0.05, 0.1) is 11.8 Å². The van der Waals surface area contributed by atoms with E-state index in [1.54, 1.807) is 0 Å². The summed E-state index contributed by atoms with van der Waals surface area (Å²) in [4.78, 5) is 22.3. The SMILES string of the molecule is N[C@@H]1CCN(c2ccc3nc(Nc4cc(Cc5ccccc5)nc(N[C@H]5CC[C@H](O)CC5)n4)sc3n2)C1. The zero-order chi connectivity index (χ0) is 25.2. The smallest absolute Gasteiger partial charge is 0.225 e. The Kier molecular flexibility index (Phi) is 6.86. The van der Waals surface area contributed by atoms with E-state index in [2.05, 4.69) is 27.7 Å². The number of rotatable bonds is 7. The number of anilines is 4. The molecule has 37 heavy (non-hydrogen) atoms. The van der Waals surface area contributed by atoms with Gasteiger partial charge in [-0.25, -0.2) is 15.0 Å². The van der Waals surface area contributed by atoms with E-state index >= 15 is 0 Å². The van der Waals surface area contributed by atoms with Crippen LogP contribution in [0.25, 0.3) is 10.3 Å². The highest BCUT2D eigenvalue weighted by atomic mass is 32.1. The van der Waals surface area contributed by atoms with Crippen molar-refractivity contribution in [2.45, 2.75) is 56.7 Å². The van der Waals surface area contributed by atoms with Gasteiger partial charge in [-0.1, -0.05) is 41.7 Å². The average molecular weight is 517 g/mol. The Bertz CT molecular complexity index is 1360. The molecule has 0 unspecified atom stereocenters. The number of fused-ring (bicyclic) bond motifs is 1. The molecule has 3 aromatic heterocycles. The standard InChI is InChI=1S/C27H32N8OS/c28-18-12-13-35(16-18)24-11-10-22-25(34-24)37-27(31-22)33-23-15-20(14-17-4-2-1-3-5-17)30-26(32-23)29-19-6-8-21(36)9-7-19/h1-5,10-11,15,18-19,21,36H,6-9,12-14,16,28H2,(H2,29,30,31,32,33)/t18-,19-,21-/m1/s1. The van der Waals surface area contributed by atoms with Crippen LogP contribution in [0.2, 0.25) is 0 Å². The van der Waals surface area contributed by atoms with E-state index in [4.69, 9.17) is 25.7 Å². The summed E-state index contributed by atoms with van der Waals surface area (Å²) in [6.45, 7) is 1.77. The third-order valence-electron chi connectivity index (χ3n) is 7.06. The number of nitrogens with one attached hydrogen (secondary N) is 2. The van der Waals surface area contributed by atoms with Crippen LogP contribution < -0.4 is 21.3 Å². The van der Waals surface area contributed by atoms with Crippen LogP contribution in [0, 0.1) is 0 Å². The van der Waals surface area contributed by atoms with Crippen molar-refractivity contribution in [2.75, 3.05) is 28.6 Å². The van der Waals surface area contributed by atoms with Gasteiger partial charge in [0.25, 0.3) is 0 Å². The molecule has 4 aromatic rings. The van der Waals surface area contributed by atoms with Crippen LogP contribution in [0.3, 0.4) is 0 Å². The lowest BCUT2D eigenvalue weighted by Gasteiger charge is -2.26. The Balaban J connectivity index is 1.25. The number of nitrogens with two attached hydrogens (primary N) is 1. The first-order chi connectivity index (χ1) is 18.1. The van der Waals surface area contributed by atoms with E-state index in [-0.39, 0.29) is 18.2 Å². The largest absolute Gasteiger partial charge is 0.393 e. The molecular weight excluding hydrogens is 484 g/mol. The summed E-state index contributed by atoms with van der Waals surface area (Å²) in [5.41, 5.74) is 9.06. The van der Waals surface area contributed by atoms with Crippen molar-refractivity contribution in [1.29, 1.82) is 0 Å². The topological polar surface area (TPSA) is 125 Å². The fraction of sp³-hybridized carbons (Fsp3) is 0.407. The number of hydrogen-bond donors (Lipinski definition) is 4. The van der Waals surface area contributed by atoms with E-state index in [0.717, 1.165) is 72.2 Å². The van der Waals surface area contributed by atoms with Crippen molar-refractivity contribution in [3.05, 3.63) is 59.8 Å². The first kappa shape index (κ1) is 24.0. The molecule has 9 nitrogen and oxygen atoms in total. The van der Waals surface area contributed by atoms with Crippen LogP contribution in [0.15, 0.2) is 48.5 Å². The normalized spacial score (nSPS) is 21.9. The lowest BCUT2D eigenvalue weighted by molar-refractivity contribution is 0.126.